The lowest BCUT2D eigenvalue weighted by Crippen LogP contribution is -2.34. The van der Waals surface area contributed by atoms with Crippen LogP contribution in [0.25, 0.3) is 0 Å². The summed E-state index contributed by atoms with van der Waals surface area (Å²) in [5.41, 5.74) is 0. The van der Waals surface area contributed by atoms with E-state index in [0.717, 1.165) is 58.2 Å². The molecule has 25 heavy (non-hydrogen) atoms. The molecule has 0 heterocycles. The number of hydrogen-bond acceptors (Lipinski definition) is 6. The Kier molecular flexibility index (Phi) is 31.3. The van der Waals surface area contributed by atoms with Crippen LogP contribution in [0, 0.1) is 0 Å². The molecule has 0 fully saturated rings. The van der Waals surface area contributed by atoms with Gasteiger partial charge in [-0.1, -0.05) is 27.7 Å². The molecule has 0 aromatic heterocycles. The van der Waals surface area contributed by atoms with Gasteiger partial charge < -0.3 is 30.2 Å². The average Bonchev–Trinajstić information content (AvgIpc) is 2.62. The summed E-state index contributed by atoms with van der Waals surface area (Å²) in [6, 6.07) is 0. The standard InChI is InChI=1S/C9H22N2O.C6H14ClN.C3H9NO/c1-4-11(5-2)7-6-10(3)8-9-12;1-3-8(4-2)6-5-7;1-4-2-3-5/h12H,4-9H2,1-3H3;3-6H2,1-2H3;4-5H,2-3H2,1H3. The van der Waals surface area contributed by atoms with E-state index in [1.54, 1.807) is 7.05 Å². The second kappa shape index (κ2) is 26.3. The lowest BCUT2D eigenvalue weighted by Gasteiger charge is -2.22. The van der Waals surface area contributed by atoms with E-state index < -0.39 is 0 Å². The van der Waals surface area contributed by atoms with Crippen LogP contribution in [0.2, 0.25) is 0 Å². The molecule has 7 heteroatoms. The Hall–Kier alpha value is 0.0500. The highest BCUT2D eigenvalue weighted by Crippen LogP contribution is 1.88. The molecular weight excluding hydrogens is 340 g/mol. The number of likely N-dealkylation sites (N-methyl/N-ethyl adjacent to an activating group) is 3. The van der Waals surface area contributed by atoms with Crippen LogP contribution >= 0.6 is 11.6 Å². The molecule has 0 bridgehead atoms. The van der Waals surface area contributed by atoms with E-state index in [0.29, 0.717) is 6.54 Å². The summed E-state index contributed by atoms with van der Waals surface area (Å²) in [5.74, 6) is 0.752. The highest BCUT2D eigenvalue weighted by atomic mass is 35.5. The van der Waals surface area contributed by atoms with Gasteiger partial charge in [0.2, 0.25) is 0 Å². The second-order valence-corrected chi connectivity index (χ2v) is 5.97. The summed E-state index contributed by atoms with van der Waals surface area (Å²) in [6.07, 6.45) is 0. The van der Waals surface area contributed by atoms with Crippen LogP contribution in [-0.4, -0.2) is 117 Å². The normalized spacial score (nSPS) is 10.6. The summed E-state index contributed by atoms with van der Waals surface area (Å²) >= 11 is 5.51. The van der Waals surface area contributed by atoms with Crippen LogP contribution in [0.3, 0.4) is 0 Å². The Morgan fingerprint density at radius 2 is 1.24 bits per heavy atom. The van der Waals surface area contributed by atoms with Gasteiger partial charge in [0.25, 0.3) is 0 Å². The summed E-state index contributed by atoms with van der Waals surface area (Å²) in [6.45, 7) is 18.2. The molecule has 156 valence electrons. The number of hydrogen-bond donors (Lipinski definition) is 3. The molecule has 0 aromatic carbocycles. The smallest absolute Gasteiger partial charge is 0.0558 e. The van der Waals surface area contributed by atoms with E-state index in [1.165, 1.54) is 0 Å². The van der Waals surface area contributed by atoms with Crippen LogP contribution in [0.4, 0.5) is 0 Å². The molecule has 0 atom stereocenters. The molecule has 0 spiro atoms. The number of rotatable bonds is 13. The number of alkyl halides is 1. The van der Waals surface area contributed by atoms with Gasteiger partial charge >= 0.3 is 0 Å². The zero-order valence-electron chi connectivity index (χ0n) is 17.6. The first-order valence-electron chi connectivity index (χ1n) is 9.56. The van der Waals surface area contributed by atoms with Gasteiger partial charge in [-0.3, -0.25) is 0 Å². The van der Waals surface area contributed by atoms with E-state index in [-0.39, 0.29) is 13.2 Å². The maximum Gasteiger partial charge on any atom is 0.0558 e. The van der Waals surface area contributed by atoms with Crippen LogP contribution < -0.4 is 5.32 Å². The topological polar surface area (TPSA) is 62.2 Å². The first-order chi connectivity index (χ1) is 12.0. The summed E-state index contributed by atoms with van der Waals surface area (Å²) in [7, 11) is 3.84. The van der Waals surface area contributed by atoms with Crippen molar-refractivity contribution in [3.63, 3.8) is 0 Å². The van der Waals surface area contributed by atoms with Gasteiger partial charge in [0, 0.05) is 38.6 Å². The minimum Gasteiger partial charge on any atom is -0.395 e. The fourth-order valence-corrected chi connectivity index (χ4v) is 2.14. The van der Waals surface area contributed by atoms with E-state index >= 15 is 0 Å². The Morgan fingerprint density at radius 1 is 0.760 bits per heavy atom. The zero-order chi connectivity index (χ0) is 19.9. The molecule has 6 nitrogen and oxygen atoms in total. The number of nitrogens with zero attached hydrogens (tertiary/aromatic N) is 3. The number of aliphatic hydroxyl groups excluding tert-OH is 2. The van der Waals surface area contributed by atoms with Crippen molar-refractivity contribution in [3.05, 3.63) is 0 Å². The van der Waals surface area contributed by atoms with Gasteiger partial charge in [-0.15, -0.1) is 11.6 Å². The number of nitrogens with one attached hydrogen (secondary N) is 1. The number of aliphatic hydroxyl groups is 2. The Bertz CT molecular complexity index is 217. The minimum absolute atomic E-state index is 0.233. The maximum atomic E-state index is 8.66. The van der Waals surface area contributed by atoms with Gasteiger partial charge in [0.05, 0.1) is 13.2 Å². The summed E-state index contributed by atoms with van der Waals surface area (Å²) in [5, 5.41) is 19.4. The van der Waals surface area contributed by atoms with E-state index in [2.05, 4.69) is 47.7 Å². The fraction of sp³-hybridized carbons (Fsp3) is 1.00. The lowest BCUT2D eigenvalue weighted by molar-refractivity contribution is 0.196. The molecule has 0 aromatic rings. The molecular formula is C18H45ClN4O2. The molecule has 0 saturated carbocycles. The molecule has 0 aliphatic rings. The quantitative estimate of drug-likeness (QED) is 0.412. The Labute approximate surface area is 162 Å². The monoisotopic (exact) mass is 384 g/mol. The van der Waals surface area contributed by atoms with Gasteiger partial charge in [-0.05, 0) is 40.3 Å². The third-order valence-electron chi connectivity index (χ3n) is 3.83. The third-order valence-corrected chi connectivity index (χ3v) is 4.00. The summed E-state index contributed by atoms with van der Waals surface area (Å²) in [4.78, 5) is 6.83. The van der Waals surface area contributed by atoms with Crippen molar-refractivity contribution in [1.82, 2.24) is 20.0 Å². The maximum absolute atomic E-state index is 8.66. The first kappa shape index (κ1) is 29.8. The van der Waals surface area contributed by atoms with E-state index in [9.17, 15) is 0 Å². The van der Waals surface area contributed by atoms with E-state index in [1.807, 2.05) is 7.05 Å². The lowest BCUT2D eigenvalue weighted by atomic mass is 10.4. The third kappa shape index (κ3) is 26.4. The number of halogens is 1. The Morgan fingerprint density at radius 3 is 1.48 bits per heavy atom. The van der Waals surface area contributed by atoms with Gasteiger partial charge in [0.15, 0.2) is 0 Å². The largest absolute Gasteiger partial charge is 0.395 e. The van der Waals surface area contributed by atoms with Crippen molar-refractivity contribution in [2.45, 2.75) is 27.7 Å². The van der Waals surface area contributed by atoms with Crippen molar-refractivity contribution in [1.29, 1.82) is 0 Å². The molecule has 0 rings (SSSR count). The van der Waals surface area contributed by atoms with Crippen LogP contribution in [0.15, 0.2) is 0 Å². The summed E-state index contributed by atoms with van der Waals surface area (Å²) < 4.78 is 0. The fourth-order valence-electron chi connectivity index (χ4n) is 1.91. The highest BCUT2D eigenvalue weighted by molar-refractivity contribution is 6.18. The van der Waals surface area contributed by atoms with Gasteiger partial charge in [-0.25, -0.2) is 0 Å². The van der Waals surface area contributed by atoms with Crippen LogP contribution in [0.1, 0.15) is 27.7 Å². The Balaban J connectivity index is -0.000000321. The van der Waals surface area contributed by atoms with Crippen molar-refractivity contribution < 1.29 is 10.2 Å². The predicted octanol–water partition coefficient (Wildman–Crippen LogP) is 1.02. The van der Waals surface area contributed by atoms with Crippen molar-refractivity contribution in [2.24, 2.45) is 0 Å². The average molecular weight is 385 g/mol. The van der Waals surface area contributed by atoms with Gasteiger partial charge in [0.1, 0.15) is 0 Å². The molecule has 0 radical (unpaired) electrons. The SMILES string of the molecule is CCN(CC)CCCl.CCN(CC)CCN(C)CCO.CNCCO. The predicted molar refractivity (Wildman–Crippen MR) is 112 cm³/mol. The van der Waals surface area contributed by atoms with Crippen molar-refractivity contribution in [3.8, 4) is 0 Å². The molecule has 0 unspecified atom stereocenters. The molecule has 0 amide bonds. The second-order valence-electron chi connectivity index (χ2n) is 5.60. The molecule has 0 saturated heterocycles. The molecule has 0 aliphatic carbocycles. The van der Waals surface area contributed by atoms with Crippen LogP contribution in [-0.2, 0) is 0 Å². The van der Waals surface area contributed by atoms with E-state index in [4.69, 9.17) is 21.8 Å². The molecule has 0 aliphatic heterocycles. The highest BCUT2D eigenvalue weighted by Gasteiger charge is 2.01. The minimum atomic E-state index is 0.233. The van der Waals surface area contributed by atoms with Crippen molar-refractivity contribution in [2.75, 3.05) is 92.1 Å². The van der Waals surface area contributed by atoms with Crippen molar-refractivity contribution >= 4 is 11.6 Å². The van der Waals surface area contributed by atoms with Crippen LogP contribution in [0.5, 0.6) is 0 Å². The zero-order valence-corrected chi connectivity index (χ0v) is 18.4. The first-order valence-corrected chi connectivity index (χ1v) is 10.1. The van der Waals surface area contributed by atoms with Gasteiger partial charge in [-0.2, -0.15) is 0 Å². The molecule has 3 N–H and O–H groups in total.